The number of halogens is 1. The van der Waals surface area contributed by atoms with Crippen LogP contribution in [-0.4, -0.2) is 17.5 Å². The van der Waals surface area contributed by atoms with E-state index in [1.165, 1.54) is 16.7 Å². The second kappa shape index (κ2) is 11.3. The van der Waals surface area contributed by atoms with Gasteiger partial charge in [-0.1, -0.05) is 88.7 Å². The fraction of sp³-hybridized carbons (Fsp3) is 0.296. The molecule has 0 fully saturated rings. The number of nitrogens with zero attached hydrogens (tertiary/aromatic N) is 1. The van der Waals surface area contributed by atoms with Gasteiger partial charge in [-0.15, -0.1) is 0 Å². The Kier molecular flexibility index (Phi) is 8.44. The van der Waals surface area contributed by atoms with Crippen LogP contribution in [0.1, 0.15) is 54.6 Å². The van der Waals surface area contributed by atoms with Gasteiger partial charge in [0.2, 0.25) is 0 Å². The molecule has 0 spiro atoms. The van der Waals surface area contributed by atoms with Gasteiger partial charge in [-0.2, -0.15) is 0 Å². The number of carbonyl (C=O) groups excluding carboxylic acids is 1. The first-order valence-corrected chi connectivity index (χ1v) is 11.5. The van der Waals surface area contributed by atoms with E-state index in [0.717, 1.165) is 16.6 Å². The van der Waals surface area contributed by atoms with Crippen molar-refractivity contribution in [1.29, 1.82) is 0 Å². The Hall–Kier alpha value is -2.43. The highest BCUT2D eigenvalue weighted by Crippen LogP contribution is 2.36. The van der Waals surface area contributed by atoms with Crippen LogP contribution in [0.25, 0.3) is 0 Å². The van der Waals surface area contributed by atoms with Gasteiger partial charge in [0.05, 0.1) is 13.0 Å². The molecule has 0 radical (unpaired) electrons. The molecule has 0 aliphatic rings. The highest BCUT2D eigenvalue weighted by atomic mass is 79.9. The lowest BCUT2D eigenvalue weighted by Crippen LogP contribution is -2.33. The molecular formula is C27H30BrNO2. The van der Waals surface area contributed by atoms with E-state index in [0.29, 0.717) is 13.0 Å². The standard InChI is InChI=1S/C27H30BrNO2/c1-4-31-27(30)18-26(24-16-15-20(2)25(28)17-24)29(19-22-11-7-5-8-12-22)21(3)23-13-9-6-10-14-23/h5-17,21,26H,4,18-19H2,1-3H3/t21-,26?/m1/s1. The first-order chi connectivity index (χ1) is 15.0. The van der Waals surface area contributed by atoms with Crippen LogP contribution < -0.4 is 0 Å². The number of rotatable bonds is 9. The SMILES string of the molecule is CCOC(=O)CC(c1ccc(C)c(Br)c1)N(Cc1ccccc1)[C@H](C)c1ccccc1. The van der Waals surface area contributed by atoms with E-state index in [9.17, 15) is 4.79 Å². The molecule has 3 aromatic rings. The number of aryl methyl sites for hydroxylation is 1. The monoisotopic (exact) mass is 479 g/mol. The van der Waals surface area contributed by atoms with Crippen molar-refractivity contribution in [2.75, 3.05) is 6.61 Å². The van der Waals surface area contributed by atoms with Gasteiger partial charge in [-0.25, -0.2) is 0 Å². The van der Waals surface area contributed by atoms with Gasteiger partial charge in [0.1, 0.15) is 0 Å². The molecule has 4 heteroatoms. The normalized spacial score (nSPS) is 13.1. The molecule has 0 heterocycles. The zero-order valence-electron chi connectivity index (χ0n) is 18.4. The van der Waals surface area contributed by atoms with Crippen LogP contribution in [0, 0.1) is 6.92 Å². The molecule has 0 saturated heterocycles. The largest absolute Gasteiger partial charge is 0.466 e. The highest BCUT2D eigenvalue weighted by Gasteiger charge is 2.29. The van der Waals surface area contributed by atoms with Gasteiger partial charge in [-0.05, 0) is 49.1 Å². The van der Waals surface area contributed by atoms with Crippen molar-refractivity contribution in [3.8, 4) is 0 Å². The Labute approximate surface area is 194 Å². The first-order valence-electron chi connectivity index (χ1n) is 10.8. The van der Waals surface area contributed by atoms with Crippen molar-refractivity contribution in [1.82, 2.24) is 4.90 Å². The number of hydrogen-bond donors (Lipinski definition) is 0. The summed E-state index contributed by atoms with van der Waals surface area (Å²) >= 11 is 3.67. The van der Waals surface area contributed by atoms with Crippen LogP contribution in [0.15, 0.2) is 83.3 Å². The van der Waals surface area contributed by atoms with Crippen molar-refractivity contribution >= 4 is 21.9 Å². The molecule has 2 atom stereocenters. The van der Waals surface area contributed by atoms with E-state index >= 15 is 0 Å². The second-order valence-electron chi connectivity index (χ2n) is 7.78. The van der Waals surface area contributed by atoms with Crippen molar-refractivity contribution in [3.05, 3.63) is 106 Å². The molecule has 0 aliphatic heterocycles. The maximum atomic E-state index is 12.6. The van der Waals surface area contributed by atoms with Crippen LogP contribution in [0.4, 0.5) is 0 Å². The third-order valence-corrected chi connectivity index (χ3v) is 6.49. The molecule has 3 aromatic carbocycles. The summed E-state index contributed by atoms with van der Waals surface area (Å²) in [5.74, 6) is -0.178. The fourth-order valence-electron chi connectivity index (χ4n) is 3.86. The summed E-state index contributed by atoms with van der Waals surface area (Å²) in [5, 5.41) is 0. The summed E-state index contributed by atoms with van der Waals surface area (Å²) < 4.78 is 6.40. The van der Waals surface area contributed by atoms with E-state index in [4.69, 9.17) is 4.74 Å². The van der Waals surface area contributed by atoms with E-state index in [-0.39, 0.29) is 18.1 Å². The van der Waals surface area contributed by atoms with Gasteiger partial charge in [-0.3, -0.25) is 9.69 Å². The van der Waals surface area contributed by atoms with Crippen molar-refractivity contribution in [2.45, 2.75) is 45.8 Å². The van der Waals surface area contributed by atoms with Gasteiger partial charge >= 0.3 is 5.97 Å². The molecule has 162 valence electrons. The van der Waals surface area contributed by atoms with E-state index < -0.39 is 0 Å². The van der Waals surface area contributed by atoms with Gasteiger partial charge in [0.25, 0.3) is 0 Å². The van der Waals surface area contributed by atoms with E-state index in [1.807, 2.05) is 19.1 Å². The van der Waals surface area contributed by atoms with Crippen LogP contribution in [-0.2, 0) is 16.1 Å². The van der Waals surface area contributed by atoms with E-state index in [2.05, 4.69) is 101 Å². The lowest BCUT2D eigenvalue weighted by molar-refractivity contribution is -0.145. The summed E-state index contributed by atoms with van der Waals surface area (Å²) in [6.45, 7) is 7.24. The van der Waals surface area contributed by atoms with Crippen molar-refractivity contribution < 1.29 is 9.53 Å². The summed E-state index contributed by atoms with van der Waals surface area (Å²) in [4.78, 5) is 15.0. The first kappa shape index (κ1) is 23.2. The molecule has 3 nitrogen and oxygen atoms in total. The minimum Gasteiger partial charge on any atom is -0.466 e. The quantitative estimate of drug-likeness (QED) is 0.309. The molecule has 1 unspecified atom stereocenters. The Morgan fingerprint density at radius 2 is 1.61 bits per heavy atom. The summed E-state index contributed by atoms with van der Waals surface area (Å²) in [5.41, 5.74) is 4.71. The Bertz CT molecular complexity index is 975. The smallest absolute Gasteiger partial charge is 0.307 e. The third-order valence-electron chi connectivity index (χ3n) is 5.63. The molecule has 31 heavy (non-hydrogen) atoms. The van der Waals surface area contributed by atoms with Crippen molar-refractivity contribution in [2.24, 2.45) is 0 Å². The predicted octanol–water partition coefficient (Wildman–Crippen LogP) is 7.02. The number of ether oxygens (including phenoxy) is 1. The zero-order chi connectivity index (χ0) is 22.2. The summed E-state index contributed by atoms with van der Waals surface area (Å²) in [6.07, 6.45) is 0.299. The highest BCUT2D eigenvalue weighted by molar-refractivity contribution is 9.10. The average Bonchev–Trinajstić information content (AvgIpc) is 2.79. The van der Waals surface area contributed by atoms with Crippen LogP contribution in [0.2, 0.25) is 0 Å². The zero-order valence-corrected chi connectivity index (χ0v) is 20.0. The van der Waals surface area contributed by atoms with Crippen LogP contribution >= 0.6 is 15.9 Å². The number of carbonyl (C=O) groups is 1. The van der Waals surface area contributed by atoms with Gasteiger partial charge in [0, 0.05) is 23.1 Å². The average molecular weight is 480 g/mol. The number of hydrogen-bond acceptors (Lipinski definition) is 3. The lowest BCUT2D eigenvalue weighted by Gasteiger charge is -2.37. The minimum absolute atomic E-state index is 0.112. The fourth-order valence-corrected chi connectivity index (χ4v) is 4.25. The van der Waals surface area contributed by atoms with Crippen molar-refractivity contribution in [3.63, 3.8) is 0 Å². The van der Waals surface area contributed by atoms with Crippen LogP contribution in [0.3, 0.4) is 0 Å². The van der Waals surface area contributed by atoms with Gasteiger partial charge < -0.3 is 4.74 Å². The molecule has 0 amide bonds. The maximum absolute atomic E-state index is 12.6. The molecule has 0 N–H and O–H groups in total. The molecule has 0 saturated carbocycles. The Morgan fingerprint density at radius 1 is 0.968 bits per heavy atom. The Balaban J connectivity index is 2.05. The van der Waals surface area contributed by atoms with E-state index in [1.54, 1.807) is 0 Å². The maximum Gasteiger partial charge on any atom is 0.307 e. The molecule has 0 aromatic heterocycles. The Morgan fingerprint density at radius 3 is 2.23 bits per heavy atom. The van der Waals surface area contributed by atoms with Crippen LogP contribution in [0.5, 0.6) is 0 Å². The molecular weight excluding hydrogens is 450 g/mol. The molecule has 0 bridgehead atoms. The summed E-state index contributed by atoms with van der Waals surface area (Å²) in [6, 6.07) is 27.2. The minimum atomic E-state index is -0.178. The third kappa shape index (κ3) is 6.28. The predicted molar refractivity (Wildman–Crippen MR) is 130 cm³/mol. The lowest BCUT2D eigenvalue weighted by atomic mass is 9.96. The molecule has 3 rings (SSSR count). The number of esters is 1. The number of benzene rings is 3. The summed E-state index contributed by atoms with van der Waals surface area (Å²) in [7, 11) is 0. The second-order valence-corrected chi connectivity index (χ2v) is 8.63. The van der Waals surface area contributed by atoms with Gasteiger partial charge in [0.15, 0.2) is 0 Å². The molecule has 0 aliphatic carbocycles. The topological polar surface area (TPSA) is 29.5 Å².